The standard InChI is InChI=1S/C30H29Cl2N3O/c31-27-14-13-23(19-28(27)32)21-35(20-22-7-2-1-3-8-22)17-15-25(16-18-35)33-30(36)34-29-12-6-10-24-9-4-5-11-26(24)29/h1-14,19,25H,15-18,20-21H2,(H-,33,34,36)/p+1. The summed E-state index contributed by atoms with van der Waals surface area (Å²) in [7, 11) is 0. The van der Waals surface area contributed by atoms with Crippen molar-refractivity contribution in [2.45, 2.75) is 32.0 Å². The van der Waals surface area contributed by atoms with Crippen molar-refractivity contribution in [1.82, 2.24) is 5.32 Å². The highest BCUT2D eigenvalue weighted by atomic mass is 35.5. The normalized spacial score (nSPS) is 19.7. The molecule has 1 aliphatic heterocycles. The molecule has 0 aromatic heterocycles. The van der Waals surface area contributed by atoms with Gasteiger partial charge in [0.05, 0.1) is 28.8 Å². The smallest absolute Gasteiger partial charge is 0.319 e. The molecule has 2 N–H and O–H groups in total. The van der Waals surface area contributed by atoms with Crippen LogP contribution in [0.4, 0.5) is 10.5 Å². The van der Waals surface area contributed by atoms with Gasteiger partial charge in [-0.25, -0.2) is 4.79 Å². The Labute approximate surface area is 222 Å². The molecule has 4 aromatic rings. The van der Waals surface area contributed by atoms with Crippen LogP contribution in [0.25, 0.3) is 10.8 Å². The second kappa shape index (κ2) is 10.9. The van der Waals surface area contributed by atoms with Gasteiger partial charge in [0.15, 0.2) is 0 Å². The molecule has 5 rings (SSSR count). The molecule has 184 valence electrons. The number of benzene rings is 4. The van der Waals surface area contributed by atoms with Gasteiger partial charge in [0, 0.05) is 35.4 Å². The zero-order valence-corrected chi connectivity index (χ0v) is 21.6. The number of hydrogen-bond donors (Lipinski definition) is 2. The van der Waals surface area contributed by atoms with Crippen LogP contribution < -0.4 is 10.6 Å². The van der Waals surface area contributed by atoms with Crippen LogP contribution in [0.5, 0.6) is 0 Å². The van der Waals surface area contributed by atoms with E-state index < -0.39 is 0 Å². The molecule has 0 spiro atoms. The van der Waals surface area contributed by atoms with E-state index in [9.17, 15) is 4.79 Å². The fourth-order valence-electron chi connectivity index (χ4n) is 5.31. The van der Waals surface area contributed by atoms with E-state index in [0.717, 1.165) is 60.0 Å². The molecule has 1 fully saturated rings. The topological polar surface area (TPSA) is 41.1 Å². The summed E-state index contributed by atoms with van der Waals surface area (Å²) in [6.07, 6.45) is 1.83. The quantitative estimate of drug-likeness (QED) is 0.253. The number of nitrogens with zero attached hydrogens (tertiary/aromatic N) is 1. The summed E-state index contributed by atoms with van der Waals surface area (Å²) in [4.78, 5) is 12.9. The predicted octanol–water partition coefficient (Wildman–Crippen LogP) is 7.65. The van der Waals surface area contributed by atoms with Crippen LogP contribution in [0, 0.1) is 0 Å². The van der Waals surface area contributed by atoms with E-state index in [-0.39, 0.29) is 12.1 Å². The van der Waals surface area contributed by atoms with Crippen LogP contribution in [0.15, 0.2) is 91.0 Å². The number of hydrogen-bond acceptors (Lipinski definition) is 1. The monoisotopic (exact) mass is 518 g/mol. The van der Waals surface area contributed by atoms with Crippen LogP contribution in [0.2, 0.25) is 10.0 Å². The zero-order valence-electron chi connectivity index (χ0n) is 20.1. The molecule has 0 atom stereocenters. The van der Waals surface area contributed by atoms with Gasteiger partial charge >= 0.3 is 6.03 Å². The Hall–Kier alpha value is -3.05. The van der Waals surface area contributed by atoms with Gasteiger partial charge in [-0.1, -0.05) is 96.0 Å². The van der Waals surface area contributed by atoms with E-state index in [1.807, 2.05) is 42.5 Å². The number of rotatable bonds is 6. The van der Waals surface area contributed by atoms with Crippen molar-refractivity contribution < 1.29 is 9.28 Å². The van der Waals surface area contributed by atoms with Gasteiger partial charge < -0.3 is 15.1 Å². The first-order valence-corrected chi connectivity index (χ1v) is 13.1. The van der Waals surface area contributed by atoms with Crippen molar-refractivity contribution in [2.75, 3.05) is 18.4 Å². The van der Waals surface area contributed by atoms with Gasteiger partial charge in [0.25, 0.3) is 0 Å². The molecule has 1 heterocycles. The molecular weight excluding hydrogens is 489 g/mol. The van der Waals surface area contributed by atoms with E-state index in [1.165, 1.54) is 11.1 Å². The molecule has 0 aliphatic carbocycles. The number of halogens is 2. The van der Waals surface area contributed by atoms with Crippen molar-refractivity contribution in [3.8, 4) is 0 Å². The summed E-state index contributed by atoms with van der Waals surface area (Å²) >= 11 is 12.5. The summed E-state index contributed by atoms with van der Waals surface area (Å²) in [6, 6.07) is 30.6. The highest BCUT2D eigenvalue weighted by Gasteiger charge is 2.35. The Kier molecular flexibility index (Phi) is 7.47. The largest absolute Gasteiger partial charge is 0.335 e. The maximum atomic E-state index is 12.9. The first-order valence-electron chi connectivity index (χ1n) is 12.4. The van der Waals surface area contributed by atoms with Crippen molar-refractivity contribution >= 4 is 45.7 Å². The molecule has 1 saturated heterocycles. The van der Waals surface area contributed by atoms with Gasteiger partial charge in [-0.2, -0.15) is 0 Å². The number of carbonyl (C=O) groups excluding carboxylic acids is 1. The number of carbonyl (C=O) groups is 1. The van der Waals surface area contributed by atoms with Crippen LogP contribution in [0.3, 0.4) is 0 Å². The molecule has 6 heteroatoms. The fourth-order valence-corrected chi connectivity index (χ4v) is 5.63. The molecule has 0 radical (unpaired) electrons. The minimum atomic E-state index is -0.149. The molecule has 1 aliphatic rings. The molecule has 2 amide bonds. The van der Waals surface area contributed by atoms with Crippen molar-refractivity contribution in [3.63, 3.8) is 0 Å². The summed E-state index contributed by atoms with van der Waals surface area (Å²) < 4.78 is 0.922. The number of quaternary nitrogens is 1. The van der Waals surface area contributed by atoms with Gasteiger partial charge in [0.1, 0.15) is 13.1 Å². The van der Waals surface area contributed by atoms with Crippen LogP contribution >= 0.6 is 23.2 Å². The summed E-state index contributed by atoms with van der Waals surface area (Å²) in [5.74, 6) is 0. The average molecular weight is 519 g/mol. The van der Waals surface area contributed by atoms with Crippen LogP contribution in [-0.2, 0) is 13.1 Å². The molecular formula is C30H30Cl2N3O+. The lowest BCUT2D eigenvalue weighted by molar-refractivity contribution is -0.958. The molecule has 4 nitrogen and oxygen atoms in total. The number of likely N-dealkylation sites (tertiary alicyclic amines) is 1. The summed E-state index contributed by atoms with van der Waals surface area (Å²) in [6.45, 7) is 3.75. The van der Waals surface area contributed by atoms with Crippen molar-refractivity contribution in [1.29, 1.82) is 0 Å². The molecule has 0 saturated carbocycles. The van der Waals surface area contributed by atoms with Crippen LogP contribution in [-0.4, -0.2) is 29.6 Å². The maximum absolute atomic E-state index is 12.9. The lowest BCUT2D eigenvalue weighted by Crippen LogP contribution is -2.55. The lowest BCUT2D eigenvalue weighted by atomic mass is 9.99. The second-order valence-corrected chi connectivity index (χ2v) is 10.6. The highest BCUT2D eigenvalue weighted by molar-refractivity contribution is 6.42. The van der Waals surface area contributed by atoms with E-state index in [2.05, 4.69) is 59.2 Å². The zero-order chi connectivity index (χ0) is 25.0. The number of piperidine rings is 1. The number of anilines is 1. The number of amides is 2. The number of urea groups is 1. The second-order valence-electron chi connectivity index (χ2n) is 9.74. The Morgan fingerprint density at radius 1 is 0.778 bits per heavy atom. The molecule has 0 bridgehead atoms. The first kappa shape index (κ1) is 24.6. The summed E-state index contributed by atoms with van der Waals surface area (Å²) in [5, 5.41) is 9.60. The number of nitrogens with one attached hydrogen (secondary N) is 2. The third-order valence-electron chi connectivity index (χ3n) is 7.14. The molecule has 36 heavy (non-hydrogen) atoms. The van der Waals surface area contributed by atoms with Crippen molar-refractivity contribution in [3.05, 3.63) is 112 Å². The average Bonchev–Trinajstić information content (AvgIpc) is 2.89. The SMILES string of the molecule is O=C(Nc1cccc2ccccc12)NC1CC[N+](Cc2ccccc2)(Cc2ccc(Cl)c(Cl)c2)CC1. The minimum absolute atomic E-state index is 0.135. The Balaban J connectivity index is 1.26. The van der Waals surface area contributed by atoms with Crippen molar-refractivity contribution in [2.24, 2.45) is 0 Å². The van der Waals surface area contributed by atoms with E-state index in [0.29, 0.717) is 10.0 Å². The molecule has 4 aromatic carbocycles. The van der Waals surface area contributed by atoms with Gasteiger partial charge in [-0.15, -0.1) is 0 Å². The predicted molar refractivity (Wildman–Crippen MR) is 149 cm³/mol. The minimum Gasteiger partial charge on any atom is -0.335 e. The van der Waals surface area contributed by atoms with Gasteiger partial charge in [-0.05, 0) is 23.6 Å². The third kappa shape index (κ3) is 5.84. The lowest BCUT2D eigenvalue weighted by Gasteiger charge is -2.44. The Morgan fingerprint density at radius 2 is 1.47 bits per heavy atom. The Morgan fingerprint density at radius 3 is 2.25 bits per heavy atom. The van der Waals surface area contributed by atoms with E-state index in [4.69, 9.17) is 23.2 Å². The van der Waals surface area contributed by atoms with Gasteiger partial charge in [-0.3, -0.25) is 0 Å². The number of fused-ring (bicyclic) bond motifs is 1. The Bertz CT molecular complexity index is 1350. The highest BCUT2D eigenvalue weighted by Crippen LogP contribution is 2.30. The summed E-state index contributed by atoms with van der Waals surface area (Å²) in [5.41, 5.74) is 3.33. The van der Waals surface area contributed by atoms with E-state index >= 15 is 0 Å². The first-order chi connectivity index (χ1) is 17.5. The van der Waals surface area contributed by atoms with Crippen LogP contribution in [0.1, 0.15) is 24.0 Å². The third-order valence-corrected chi connectivity index (χ3v) is 7.88. The fraction of sp³-hybridized carbons (Fsp3) is 0.233. The maximum Gasteiger partial charge on any atom is 0.319 e. The molecule has 0 unspecified atom stereocenters. The van der Waals surface area contributed by atoms with E-state index in [1.54, 1.807) is 0 Å². The van der Waals surface area contributed by atoms with Gasteiger partial charge in [0.2, 0.25) is 0 Å².